The summed E-state index contributed by atoms with van der Waals surface area (Å²) in [5, 5.41) is 0.691. The predicted octanol–water partition coefficient (Wildman–Crippen LogP) is 1.34. The number of aldehydes is 1. The summed E-state index contributed by atoms with van der Waals surface area (Å²) in [5.74, 6) is 0. The first kappa shape index (κ1) is 6.63. The number of alkyl halides is 2. The van der Waals surface area contributed by atoms with E-state index in [1.54, 1.807) is 0 Å². The Bertz CT molecular complexity index is 46.1. The molecule has 0 N–H and O–H groups in total. The van der Waals surface area contributed by atoms with Crippen LogP contribution in [0.4, 0.5) is 0 Å². The van der Waals surface area contributed by atoms with Crippen LogP contribution in [0.5, 0.6) is 0 Å². The van der Waals surface area contributed by atoms with Gasteiger partial charge in [0.05, 0.1) is 4.83 Å². The summed E-state index contributed by atoms with van der Waals surface area (Å²) in [6.07, 6.45) is 0.842. The van der Waals surface area contributed by atoms with E-state index in [0.29, 0.717) is 5.33 Å². The smallest absolute Gasteiger partial charge is 0.134 e. The largest absolute Gasteiger partial charge is 0.302 e. The van der Waals surface area contributed by atoms with Gasteiger partial charge in [-0.3, -0.25) is 0 Å². The molecule has 0 amide bonds. The van der Waals surface area contributed by atoms with E-state index in [4.69, 9.17) is 0 Å². The van der Waals surface area contributed by atoms with Gasteiger partial charge in [-0.05, 0) is 0 Å². The van der Waals surface area contributed by atoms with Gasteiger partial charge in [0.2, 0.25) is 0 Å². The minimum absolute atomic E-state index is 0.0162. The maximum atomic E-state index is 9.66. The number of carbonyl (C=O) groups excluding carboxylic acids is 1. The summed E-state index contributed by atoms with van der Waals surface area (Å²) >= 11 is 6.16. The van der Waals surface area contributed by atoms with E-state index in [9.17, 15) is 4.79 Å². The van der Waals surface area contributed by atoms with Crippen LogP contribution >= 0.6 is 31.9 Å². The van der Waals surface area contributed by atoms with Crippen molar-refractivity contribution >= 4 is 38.1 Å². The van der Waals surface area contributed by atoms with Gasteiger partial charge in [-0.25, -0.2) is 0 Å². The molecule has 0 bridgehead atoms. The van der Waals surface area contributed by atoms with Crippen molar-refractivity contribution in [1.82, 2.24) is 0 Å². The van der Waals surface area contributed by atoms with Crippen molar-refractivity contribution in [3.05, 3.63) is 0 Å². The summed E-state index contributed by atoms with van der Waals surface area (Å²) in [6, 6.07) is 0. The lowest BCUT2D eigenvalue weighted by Crippen LogP contribution is -1.97. The first-order chi connectivity index (χ1) is 2.81. The molecule has 1 nitrogen and oxygen atoms in total. The van der Waals surface area contributed by atoms with Crippen LogP contribution in [0.15, 0.2) is 0 Å². The quantitative estimate of drug-likeness (QED) is 0.502. The van der Waals surface area contributed by atoms with Crippen LogP contribution in [0.25, 0.3) is 0 Å². The summed E-state index contributed by atoms with van der Waals surface area (Å²) in [6.45, 7) is 0. The molecule has 0 aromatic heterocycles. The van der Waals surface area contributed by atoms with Crippen molar-refractivity contribution in [2.24, 2.45) is 0 Å². The number of hydrogen-bond donors (Lipinski definition) is 0. The molecule has 0 saturated heterocycles. The molecule has 0 aliphatic rings. The molecular weight excluding hydrogens is 212 g/mol. The molecule has 0 fully saturated rings. The minimum atomic E-state index is -0.0162. The van der Waals surface area contributed by atoms with E-state index in [1.807, 2.05) is 0 Å². The van der Waals surface area contributed by atoms with Crippen molar-refractivity contribution in [3.63, 3.8) is 0 Å². The third kappa shape index (κ3) is 2.85. The van der Waals surface area contributed by atoms with Crippen LogP contribution in [0.3, 0.4) is 0 Å². The van der Waals surface area contributed by atoms with Gasteiger partial charge in [0.1, 0.15) is 6.29 Å². The number of rotatable bonds is 2. The lowest BCUT2D eigenvalue weighted by atomic mass is 10.6. The van der Waals surface area contributed by atoms with Gasteiger partial charge in [-0.1, -0.05) is 31.9 Å². The maximum Gasteiger partial charge on any atom is 0.134 e. The fraction of sp³-hybridized carbons (Fsp3) is 0.667. The van der Waals surface area contributed by atoms with Gasteiger partial charge in [0.15, 0.2) is 0 Å². The summed E-state index contributed by atoms with van der Waals surface area (Å²) < 4.78 is 0. The van der Waals surface area contributed by atoms with Gasteiger partial charge >= 0.3 is 0 Å². The topological polar surface area (TPSA) is 17.1 Å². The third-order valence-electron chi connectivity index (χ3n) is 0.295. The van der Waals surface area contributed by atoms with Crippen molar-refractivity contribution in [3.8, 4) is 0 Å². The van der Waals surface area contributed by atoms with Crippen molar-refractivity contribution in [2.45, 2.75) is 4.83 Å². The maximum absolute atomic E-state index is 9.66. The van der Waals surface area contributed by atoms with E-state index < -0.39 is 0 Å². The Morgan fingerprint density at radius 3 is 2.33 bits per heavy atom. The van der Waals surface area contributed by atoms with Gasteiger partial charge in [0.25, 0.3) is 0 Å². The molecule has 0 spiro atoms. The highest BCUT2D eigenvalue weighted by Crippen LogP contribution is 1.97. The van der Waals surface area contributed by atoms with Crippen LogP contribution in [-0.2, 0) is 4.79 Å². The molecule has 0 saturated carbocycles. The molecule has 0 unspecified atom stereocenters. The third-order valence-corrected chi connectivity index (χ3v) is 2.40. The molecule has 0 aromatic carbocycles. The Morgan fingerprint density at radius 2 is 2.33 bits per heavy atom. The summed E-state index contributed by atoms with van der Waals surface area (Å²) in [5.41, 5.74) is 0. The number of halogens is 2. The predicted molar refractivity (Wildman–Crippen MR) is 32.6 cm³/mol. The van der Waals surface area contributed by atoms with Crippen molar-refractivity contribution < 1.29 is 4.79 Å². The van der Waals surface area contributed by atoms with Crippen LogP contribution < -0.4 is 0 Å². The van der Waals surface area contributed by atoms with Crippen LogP contribution in [0, 0.1) is 0 Å². The second-order valence-corrected chi connectivity index (χ2v) is 2.63. The molecule has 0 aliphatic carbocycles. The standard InChI is InChI=1S/C3H4Br2O/c4-1-3(5)2-6/h2-3H,1H2/t3-/m1/s1. The number of hydrogen-bond acceptors (Lipinski definition) is 1. The number of carbonyl (C=O) groups is 1. The average molecular weight is 216 g/mol. The monoisotopic (exact) mass is 214 g/mol. The Kier molecular flexibility index (Phi) is 4.21. The van der Waals surface area contributed by atoms with E-state index in [0.717, 1.165) is 6.29 Å². The Morgan fingerprint density at radius 1 is 1.83 bits per heavy atom. The van der Waals surface area contributed by atoms with Crippen molar-refractivity contribution in [2.75, 3.05) is 5.33 Å². The van der Waals surface area contributed by atoms with E-state index in [-0.39, 0.29) is 4.83 Å². The van der Waals surface area contributed by atoms with Crippen LogP contribution in [-0.4, -0.2) is 16.4 Å². The second kappa shape index (κ2) is 3.81. The molecule has 0 heterocycles. The minimum Gasteiger partial charge on any atom is -0.302 e. The molecule has 1 atom stereocenters. The first-order valence-corrected chi connectivity index (χ1v) is 3.50. The Balaban J connectivity index is 2.96. The first-order valence-electron chi connectivity index (χ1n) is 1.46. The van der Waals surface area contributed by atoms with Crippen molar-refractivity contribution in [1.29, 1.82) is 0 Å². The molecular formula is C3H4Br2O. The van der Waals surface area contributed by atoms with Gasteiger partial charge < -0.3 is 4.79 Å². The normalized spacial score (nSPS) is 13.7. The zero-order valence-corrected chi connectivity index (χ0v) is 6.20. The van der Waals surface area contributed by atoms with Gasteiger partial charge in [-0.2, -0.15) is 0 Å². The zero-order valence-electron chi connectivity index (χ0n) is 3.03. The fourth-order valence-corrected chi connectivity index (χ4v) is 0.189. The summed E-state index contributed by atoms with van der Waals surface area (Å²) in [4.78, 5) is 9.64. The Hall–Kier alpha value is 0.630. The molecule has 36 valence electrons. The highest BCUT2D eigenvalue weighted by atomic mass is 79.9. The molecule has 0 aromatic rings. The molecule has 0 radical (unpaired) electrons. The van der Waals surface area contributed by atoms with Gasteiger partial charge in [-0.15, -0.1) is 0 Å². The molecule has 6 heavy (non-hydrogen) atoms. The SMILES string of the molecule is O=C[C@H](Br)CBr. The lowest BCUT2D eigenvalue weighted by Gasteiger charge is -1.85. The fourth-order valence-electron chi connectivity index (χ4n) is 0.0364. The van der Waals surface area contributed by atoms with Crippen LogP contribution in [0.1, 0.15) is 0 Å². The highest BCUT2D eigenvalue weighted by molar-refractivity contribution is 9.12. The van der Waals surface area contributed by atoms with E-state index in [1.165, 1.54) is 0 Å². The molecule has 0 rings (SSSR count). The van der Waals surface area contributed by atoms with Gasteiger partial charge in [0, 0.05) is 5.33 Å². The summed E-state index contributed by atoms with van der Waals surface area (Å²) in [7, 11) is 0. The van der Waals surface area contributed by atoms with Crippen LogP contribution in [0.2, 0.25) is 0 Å². The second-order valence-electron chi connectivity index (χ2n) is 0.806. The highest BCUT2D eigenvalue weighted by Gasteiger charge is 1.93. The zero-order chi connectivity index (χ0) is 4.99. The lowest BCUT2D eigenvalue weighted by molar-refractivity contribution is -0.107. The Labute approximate surface area is 53.4 Å². The van der Waals surface area contributed by atoms with E-state index >= 15 is 0 Å². The van der Waals surface area contributed by atoms with E-state index in [2.05, 4.69) is 31.9 Å². The molecule has 3 heteroatoms. The molecule has 0 aliphatic heterocycles. The average Bonchev–Trinajstić information content (AvgIpc) is 1.65.